The van der Waals surface area contributed by atoms with E-state index in [1.54, 1.807) is 0 Å². The first-order valence-electron chi connectivity index (χ1n) is 13.0. The second kappa shape index (κ2) is 14.1. The number of H-pyrrole nitrogens is 1. The first kappa shape index (κ1) is 28.6. The minimum absolute atomic E-state index is 0.0161. The smallest absolute Gasteiger partial charge is 0.329 e. The summed E-state index contributed by atoms with van der Waals surface area (Å²) in [5.74, 6) is -1.25. The molecule has 2 aromatic rings. The highest BCUT2D eigenvalue weighted by Crippen LogP contribution is 2.19. The molecule has 1 aromatic heterocycles. The Bertz CT molecular complexity index is 1030. The van der Waals surface area contributed by atoms with Gasteiger partial charge in [0.05, 0.1) is 13.2 Å². The van der Waals surface area contributed by atoms with Crippen LogP contribution in [0.2, 0.25) is 0 Å². The summed E-state index contributed by atoms with van der Waals surface area (Å²) in [5, 5.41) is 3.77. The van der Waals surface area contributed by atoms with Crippen molar-refractivity contribution in [3.63, 3.8) is 0 Å². The maximum atomic E-state index is 13.0. The lowest BCUT2D eigenvalue weighted by Crippen LogP contribution is -2.45. The molecule has 3 atom stereocenters. The molecule has 1 aliphatic rings. The Morgan fingerprint density at radius 1 is 1.14 bits per heavy atom. The Hall–Kier alpha value is -2.95. The maximum Gasteiger partial charge on any atom is 0.329 e. The van der Waals surface area contributed by atoms with Crippen LogP contribution in [0.4, 0.5) is 0 Å². The predicted molar refractivity (Wildman–Crippen MR) is 140 cm³/mol. The molecule has 10 heteroatoms. The second-order valence-electron chi connectivity index (χ2n) is 9.84. The summed E-state index contributed by atoms with van der Waals surface area (Å²) in [5.41, 5.74) is 7.79. The number of hydrogen-bond acceptors (Lipinski definition) is 8. The lowest BCUT2D eigenvalue weighted by atomic mass is 10.0. The number of fused-ring (bicyclic) bond motifs is 1. The SMILES string of the molecule is CC(C)C(C)OC(=O)[C@H](N)CCC(=O)NC(Cc1c[nH]c2ccccc12)C(=O)OCCN1CCOCC1. The monoisotopic (exact) mass is 516 g/mol. The predicted octanol–water partition coefficient (Wildman–Crippen LogP) is 1.77. The van der Waals surface area contributed by atoms with Crippen LogP contribution >= 0.6 is 0 Å². The van der Waals surface area contributed by atoms with Crippen LogP contribution in [0.3, 0.4) is 0 Å². The number of esters is 2. The Balaban J connectivity index is 1.58. The van der Waals surface area contributed by atoms with E-state index in [9.17, 15) is 14.4 Å². The van der Waals surface area contributed by atoms with Gasteiger partial charge in [-0.2, -0.15) is 0 Å². The fraction of sp³-hybridized carbons (Fsp3) is 0.593. The van der Waals surface area contributed by atoms with Crippen molar-refractivity contribution < 1.29 is 28.6 Å². The first-order valence-corrected chi connectivity index (χ1v) is 13.0. The van der Waals surface area contributed by atoms with Crippen molar-refractivity contribution in [3.8, 4) is 0 Å². The zero-order chi connectivity index (χ0) is 26.8. The summed E-state index contributed by atoms with van der Waals surface area (Å²) in [6.45, 7) is 9.46. The van der Waals surface area contributed by atoms with Gasteiger partial charge in [0, 0.05) is 49.6 Å². The Morgan fingerprint density at radius 3 is 2.59 bits per heavy atom. The molecule has 1 amide bonds. The van der Waals surface area contributed by atoms with Gasteiger partial charge < -0.3 is 30.2 Å². The summed E-state index contributed by atoms with van der Waals surface area (Å²) in [4.78, 5) is 43.4. The third-order valence-electron chi connectivity index (χ3n) is 6.70. The lowest BCUT2D eigenvalue weighted by Gasteiger charge is -2.26. The number of carbonyl (C=O) groups is 3. The largest absolute Gasteiger partial charge is 0.463 e. The molecular weight excluding hydrogens is 476 g/mol. The minimum atomic E-state index is -0.917. The van der Waals surface area contributed by atoms with Crippen molar-refractivity contribution in [2.45, 2.75) is 58.2 Å². The van der Waals surface area contributed by atoms with Crippen LogP contribution < -0.4 is 11.1 Å². The molecule has 10 nitrogen and oxygen atoms in total. The van der Waals surface area contributed by atoms with Crippen molar-refractivity contribution in [1.82, 2.24) is 15.2 Å². The van der Waals surface area contributed by atoms with Crippen molar-refractivity contribution in [2.75, 3.05) is 39.5 Å². The van der Waals surface area contributed by atoms with Gasteiger partial charge in [-0.15, -0.1) is 0 Å². The minimum Gasteiger partial charge on any atom is -0.463 e. The van der Waals surface area contributed by atoms with Crippen molar-refractivity contribution >= 4 is 28.7 Å². The molecule has 3 rings (SSSR count). The van der Waals surface area contributed by atoms with Crippen LogP contribution in [-0.4, -0.2) is 85.4 Å². The molecule has 1 aromatic carbocycles. The molecule has 0 bridgehead atoms. The maximum absolute atomic E-state index is 13.0. The number of aromatic amines is 1. The number of nitrogens with one attached hydrogen (secondary N) is 2. The van der Waals surface area contributed by atoms with Gasteiger partial charge in [0.2, 0.25) is 5.91 Å². The number of benzene rings is 1. The summed E-state index contributed by atoms with van der Waals surface area (Å²) >= 11 is 0. The van der Waals surface area contributed by atoms with E-state index >= 15 is 0 Å². The van der Waals surface area contributed by atoms with Crippen LogP contribution in [0.25, 0.3) is 10.9 Å². The number of amides is 1. The molecule has 4 N–H and O–H groups in total. The Kier molecular flexibility index (Phi) is 10.9. The molecule has 204 valence electrons. The third kappa shape index (κ3) is 8.84. The number of para-hydroxylation sites is 1. The third-order valence-corrected chi connectivity index (χ3v) is 6.70. The van der Waals surface area contributed by atoms with Gasteiger partial charge in [-0.3, -0.25) is 14.5 Å². The van der Waals surface area contributed by atoms with Crippen LogP contribution in [0.5, 0.6) is 0 Å². The number of aromatic nitrogens is 1. The zero-order valence-corrected chi connectivity index (χ0v) is 22.0. The molecule has 0 radical (unpaired) electrons. The van der Waals surface area contributed by atoms with E-state index in [1.807, 2.05) is 51.2 Å². The highest BCUT2D eigenvalue weighted by atomic mass is 16.5. The van der Waals surface area contributed by atoms with E-state index in [4.69, 9.17) is 19.9 Å². The van der Waals surface area contributed by atoms with E-state index in [2.05, 4.69) is 15.2 Å². The van der Waals surface area contributed by atoms with Crippen LogP contribution in [0.1, 0.15) is 39.2 Å². The summed E-state index contributed by atoms with van der Waals surface area (Å²) in [6, 6.07) is 5.98. The molecule has 2 unspecified atom stereocenters. The van der Waals surface area contributed by atoms with Gasteiger partial charge >= 0.3 is 11.9 Å². The fourth-order valence-electron chi connectivity index (χ4n) is 3.99. The number of carbonyl (C=O) groups excluding carboxylic acids is 3. The highest BCUT2D eigenvalue weighted by Gasteiger charge is 2.26. The molecule has 1 fully saturated rings. The molecular formula is C27H40N4O6. The van der Waals surface area contributed by atoms with E-state index in [-0.39, 0.29) is 43.8 Å². The molecule has 1 saturated heterocycles. The molecule has 37 heavy (non-hydrogen) atoms. The fourth-order valence-corrected chi connectivity index (χ4v) is 3.99. The van der Waals surface area contributed by atoms with E-state index < -0.39 is 24.0 Å². The summed E-state index contributed by atoms with van der Waals surface area (Å²) < 4.78 is 16.2. The van der Waals surface area contributed by atoms with Crippen LogP contribution in [-0.2, 0) is 35.0 Å². The van der Waals surface area contributed by atoms with Gasteiger partial charge in [-0.1, -0.05) is 32.0 Å². The summed E-state index contributed by atoms with van der Waals surface area (Å²) in [7, 11) is 0. The first-order chi connectivity index (χ1) is 17.7. The second-order valence-corrected chi connectivity index (χ2v) is 9.84. The Labute approximate surface area is 218 Å². The van der Waals surface area contributed by atoms with Crippen molar-refractivity contribution in [2.24, 2.45) is 11.7 Å². The molecule has 0 saturated carbocycles. The number of hydrogen-bond donors (Lipinski definition) is 3. The molecule has 2 heterocycles. The summed E-state index contributed by atoms with van der Waals surface area (Å²) in [6.07, 6.45) is 1.94. The number of ether oxygens (including phenoxy) is 3. The average Bonchev–Trinajstić information content (AvgIpc) is 3.30. The number of morpholine rings is 1. The van der Waals surface area contributed by atoms with Crippen LogP contribution in [0.15, 0.2) is 30.5 Å². The average molecular weight is 517 g/mol. The normalized spacial score (nSPS) is 16.8. The van der Waals surface area contributed by atoms with Crippen molar-refractivity contribution in [1.29, 1.82) is 0 Å². The number of rotatable bonds is 13. The standard InChI is InChI=1S/C27H40N4O6/c1-18(2)19(3)37-26(33)22(28)8-9-25(32)30-24(16-20-17-29-23-7-5-4-6-21(20)23)27(34)36-15-12-31-10-13-35-14-11-31/h4-7,17-19,22,24,29H,8-16,28H2,1-3H3,(H,30,32)/t19?,22-,24?/m1/s1. The zero-order valence-electron chi connectivity index (χ0n) is 22.0. The lowest BCUT2D eigenvalue weighted by molar-refractivity contribution is -0.152. The van der Waals surface area contributed by atoms with E-state index in [0.29, 0.717) is 19.8 Å². The van der Waals surface area contributed by atoms with Crippen LogP contribution in [0, 0.1) is 5.92 Å². The van der Waals surface area contributed by atoms with Gasteiger partial charge in [-0.05, 0) is 30.9 Å². The topological polar surface area (TPSA) is 136 Å². The molecule has 1 aliphatic heterocycles. The number of nitrogens with zero attached hydrogens (tertiary/aromatic N) is 1. The van der Waals surface area contributed by atoms with E-state index in [1.165, 1.54) is 0 Å². The van der Waals surface area contributed by atoms with Gasteiger partial charge in [0.25, 0.3) is 0 Å². The highest BCUT2D eigenvalue weighted by molar-refractivity contribution is 5.87. The van der Waals surface area contributed by atoms with Gasteiger partial charge in [0.15, 0.2) is 0 Å². The van der Waals surface area contributed by atoms with E-state index in [0.717, 1.165) is 29.6 Å². The Morgan fingerprint density at radius 2 is 1.86 bits per heavy atom. The quantitative estimate of drug-likeness (QED) is 0.343. The van der Waals surface area contributed by atoms with Crippen molar-refractivity contribution in [3.05, 3.63) is 36.0 Å². The van der Waals surface area contributed by atoms with Gasteiger partial charge in [-0.25, -0.2) is 4.79 Å². The molecule has 0 aliphatic carbocycles. The molecule has 0 spiro atoms. The number of nitrogens with two attached hydrogens (primary N) is 1. The van der Waals surface area contributed by atoms with Gasteiger partial charge in [0.1, 0.15) is 24.8 Å².